The zero-order chi connectivity index (χ0) is 23.6. The van der Waals surface area contributed by atoms with Gasteiger partial charge in [0.15, 0.2) is 0 Å². The van der Waals surface area contributed by atoms with Gasteiger partial charge in [-0.1, -0.05) is 41.9 Å². The van der Waals surface area contributed by atoms with Gasteiger partial charge in [-0.3, -0.25) is 14.9 Å². The van der Waals surface area contributed by atoms with E-state index in [1.54, 1.807) is 17.2 Å². The van der Waals surface area contributed by atoms with Gasteiger partial charge in [0, 0.05) is 24.1 Å². The molecule has 2 atom stereocenters. The summed E-state index contributed by atoms with van der Waals surface area (Å²) in [4.78, 5) is 42.0. The lowest BCUT2D eigenvalue weighted by atomic mass is 9.97. The molecule has 0 saturated carbocycles. The molecule has 1 saturated heterocycles. The molecule has 33 heavy (non-hydrogen) atoms. The Kier molecular flexibility index (Phi) is 6.13. The first-order chi connectivity index (χ1) is 15.8. The molecule has 3 aromatic rings. The third-order valence-corrected chi connectivity index (χ3v) is 5.62. The summed E-state index contributed by atoms with van der Waals surface area (Å²) in [7, 11) is 0. The summed E-state index contributed by atoms with van der Waals surface area (Å²) in [5.74, 6) is -3.20. The van der Waals surface area contributed by atoms with E-state index in [0.29, 0.717) is 10.7 Å². The Bertz CT molecular complexity index is 1180. The highest BCUT2D eigenvalue weighted by molar-refractivity contribution is 6.30. The molecule has 0 unspecified atom stereocenters. The van der Waals surface area contributed by atoms with Crippen molar-refractivity contribution in [1.82, 2.24) is 0 Å². The minimum Gasteiger partial charge on any atom is -0.419 e. The molecule has 8 nitrogen and oxygen atoms in total. The van der Waals surface area contributed by atoms with E-state index >= 15 is 0 Å². The molecule has 168 valence electrons. The molecule has 1 aliphatic heterocycles. The molecule has 0 bridgehead atoms. The molecule has 4 rings (SSSR count). The first-order valence-corrected chi connectivity index (χ1v) is 10.4. The molecule has 0 aromatic heterocycles. The van der Waals surface area contributed by atoms with E-state index in [0.717, 1.165) is 5.56 Å². The minimum atomic E-state index is -1.88. The summed E-state index contributed by atoms with van der Waals surface area (Å²) in [5.41, 5.74) is 1.39. The lowest BCUT2D eigenvalue weighted by molar-refractivity contribution is -0.384. The van der Waals surface area contributed by atoms with Crippen molar-refractivity contribution in [2.24, 2.45) is 0 Å². The van der Waals surface area contributed by atoms with Crippen LogP contribution in [0.15, 0.2) is 78.9 Å². The van der Waals surface area contributed by atoms with Crippen LogP contribution in [0.25, 0.3) is 0 Å². The predicted molar refractivity (Wildman–Crippen MR) is 121 cm³/mol. The average molecular weight is 467 g/mol. The predicted octanol–water partition coefficient (Wildman–Crippen LogP) is 5.27. The molecule has 1 heterocycles. The number of ketones is 1. The van der Waals surface area contributed by atoms with Crippen molar-refractivity contribution in [2.75, 3.05) is 5.06 Å². The number of hydrogen-bond acceptors (Lipinski definition) is 7. The number of non-ortho nitro benzene ring substituents is 1. The van der Waals surface area contributed by atoms with Gasteiger partial charge in [0.2, 0.25) is 5.78 Å². The number of halogens is 1. The summed E-state index contributed by atoms with van der Waals surface area (Å²) in [6.07, 6.45) is 0.0393. The van der Waals surface area contributed by atoms with Crippen molar-refractivity contribution in [3.8, 4) is 0 Å². The second kappa shape index (κ2) is 9.01. The molecule has 0 aliphatic carbocycles. The molecule has 0 spiro atoms. The maximum atomic E-state index is 12.9. The van der Waals surface area contributed by atoms with Gasteiger partial charge in [0.1, 0.15) is 0 Å². The minimum absolute atomic E-state index is 0.0393. The third kappa shape index (κ3) is 4.57. The van der Waals surface area contributed by atoms with E-state index in [9.17, 15) is 19.7 Å². The summed E-state index contributed by atoms with van der Waals surface area (Å²) in [5, 5.41) is 13.0. The summed E-state index contributed by atoms with van der Waals surface area (Å²) >= 11 is 6.04. The van der Waals surface area contributed by atoms with Crippen LogP contribution < -0.4 is 5.06 Å². The van der Waals surface area contributed by atoms with Gasteiger partial charge < -0.3 is 4.74 Å². The van der Waals surface area contributed by atoms with Crippen LogP contribution in [0.2, 0.25) is 5.02 Å². The summed E-state index contributed by atoms with van der Waals surface area (Å²) in [6.45, 7) is 1.29. The van der Waals surface area contributed by atoms with Crippen LogP contribution in [0, 0.1) is 10.1 Å². The van der Waals surface area contributed by atoms with Gasteiger partial charge in [-0.05, 0) is 42.0 Å². The van der Waals surface area contributed by atoms with Gasteiger partial charge in [-0.2, -0.15) is 0 Å². The molecule has 1 fully saturated rings. The second-order valence-corrected chi connectivity index (χ2v) is 7.96. The number of esters is 1. The van der Waals surface area contributed by atoms with Gasteiger partial charge in [-0.25, -0.2) is 14.7 Å². The van der Waals surface area contributed by atoms with Crippen LogP contribution in [-0.4, -0.2) is 22.5 Å². The first-order valence-electron chi connectivity index (χ1n) is 10.1. The summed E-state index contributed by atoms with van der Waals surface area (Å²) < 4.78 is 5.63. The quantitative estimate of drug-likeness (QED) is 0.277. The molecule has 3 aromatic carbocycles. The van der Waals surface area contributed by atoms with E-state index < -0.39 is 28.5 Å². The highest BCUT2D eigenvalue weighted by Gasteiger charge is 2.53. The van der Waals surface area contributed by atoms with Crippen LogP contribution in [0.4, 0.5) is 11.4 Å². The van der Waals surface area contributed by atoms with E-state index in [2.05, 4.69) is 0 Å². The number of hydroxylamine groups is 1. The fourth-order valence-electron chi connectivity index (χ4n) is 3.61. The Morgan fingerprint density at radius 3 is 2.27 bits per heavy atom. The highest BCUT2D eigenvalue weighted by atomic mass is 35.5. The number of ether oxygens (including phenoxy) is 1. The number of carbonyl (C=O) groups excluding carboxylic acids is 2. The number of Topliss-reactive ketones (excluding diaryl/α,β-unsaturated/α-hetero) is 1. The largest absolute Gasteiger partial charge is 0.419 e. The van der Waals surface area contributed by atoms with Crippen LogP contribution in [-0.2, 0) is 14.4 Å². The molecule has 0 radical (unpaired) electrons. The number of benzene rings is 3. The molecule has 1 aliphatic rings. The van der Waals surface area contributed by atoms with Crippen molar-refractivity contribution in [3.63, 3.8) is 0 Å². The Morgan fingerprint density at radius 2 is 1.70 bits per heavy atom. The zero-order valence-corrected chi connectivity index (χ0v) is 18.3. The van der Waals surface area contributed by atoms with Crippen LogP contribution in [0.5, 0.6) is 0 Å². The Labute approximate surface area is 194 Å². The van der Waals surface area contributed by atoms with E-state index in [1.165, 1.54) is 31.2 Å². The number of nitro groups is 1. The van der Waals surface area contributed by atoms with Gasteiger partial charge in [0.25, 0.3) is 11.5 Å². The maximum absolute atomic E-state index is 12.9. The van der Waals surface area contributed by atoms with Crippen LogP contribution in [0.3, 0.4) is 0 Å². The summed E-state index contributed by atoms with van der Waals surface area (Å²) in [6, 6.07) is 20.7. The molecule has 0 amide bonds. The van der Waals surface area contributed by atoms with Crippen molar-refractivity contribution >= 4 is 34.7 Å². The van der Waals surface area contributed by atoms with Crippen LogP contribution >= 0.6 is 11.6 Å². The number of hydrogen-bond donors (Lipinski definition) is 0. The molecule has 9 heteroatoms. The number of carbonyl (C=O) groups is 2. The average Bonchev–Trinajstić information content (AvgIpc) is 3.21. The van der Waals surface area contributed by atoms with Crippen molar-refractivity contribution in [3.05, 3.63) is 105 Å². The Hall–Kier alpha value is -3.75. The SMILES string of the molecule is CC(=O)[C@@]1(OC(=O)c2ccc([N+](=O)[O-])cc2)C[C@H](c2ccc(Cl)cc2)N(c2ccccc2)O1. The highest BCUT2D eigenvalue weighted by Crippen LogP contribution is 2.45. The fraction of sp³-hybridized carbons (Fsp3) is 0.167. The van der Waals surface area contributed by atoms with E-state index in [4.69, 9.17) is 21.2 Å². The standard InChI is InChI=1S/C24H19ClN2O6/c1-16(28)24(32-23(29)18-9-13-21(14-10-18)27(30)31)15-22(17-7-11-19(25)12-8-17)26(33-24)20-5-3-2-4-6-20/h2-14,22H,15H2,1H3/t22-,24-/m1/s1. The van der Waals surface area contributed by atoms with Crippen molar-refractivity contribution in [2.45, 2.75) is 25.2 Å². The number of nitrogens with zero attached hydrogens (tertiary/aromatic N) is 2. The smallest absolute Gasteiger partial charge is 0.341 e. The number of anilines is 1. The molecule has 0 N–H and O–H groups in total. The van der Waals surface area contributed by atoms with E-state index in [1.807, 2.05) is 42.5 Å². The second-order valence-electron chi connectivity index (χ2n) is 7.53. The monoisotopic (exact) mass is 466 g/mol. The fourth-order valence-corrected chi connectivity index (χ4v) is 3.74. The molecular formula is C24H19ClN2O6. The van der Waals surface area contributed by atoms with Crippen molar-refractivity contribution < 1.29 is 24.1 Å². The number of rotatable bonds is 6. The van der Waals surface area contributed by atoms with Crippen molar-refractivity contribution in [1.29, 1.82) is 0 Å². The van der Waals surface area contributed by atoms with Crippen LogP contribution in [0.1, 0.15) is 35.3 Å². The van der Waals surface area contributed by atoms with Gasteiger partial charge in [-0.15, -0.1) is 0 Å². The number of para-hydroxylation sites is 1. The number of nitro benzene ring substituents is 1. The lowest BCUT2D eigenvalue weighted by Gasteiger charge is -2.27. The topological polar surface area (TPSA) is 99.0 Å². The van der Waals surface area contributed by atoms with Gasteiger partial charge >= 0.3 is 5.97 Å². The Balaban J connectivity index is 1.68. The lowest BCUT2D eigenvalue weighted by Crippen LogP contribution is -2.43. The third-order valence-electron chi connectivity index (χ3n) is 5.36. The van der Waals surface area contributed by atoms with Gasteiger partial charge in [0.05, 0.1) is 28.6 Å². The van der Waals surface area contributed by atoms with E-state index in [-0.39, 0.29) is 17.7 Å². The zero-order valence-electron chi connectivity index (χ0n) is 17.5. The normalized spacial score (nSPS) is 19.8. The maximum Gasteiger partial charge on any atom is 0.341 e. The first kappa shape index (κ1) is 22.4. The molecular weight excluding hydrogens is 448 g/mol. The Morgan fingerprint density at radius 1 is 1.06 bits per heavy atom.